The van der Waals surface area contributed by atoms with Gasteiger partial charge in [0.2, 0.25) is 0 Å². The number of hydrogen-bond acceptors (Lipinski definition) is 2. The number of benzene rings is 8. The van der Waals surface area contributed by atoms with Gasteiger partial charge in [0.1, 0.15) is 0 Å². The number of rotatable bonds is 7. The largest absolute Gasteiger partial charge is 0.416 e. The first kappa shape index (κ1) is 59.2. The molecule has 0 heterocycles. The van der Waals surface area contributed by atoms with E-state index in [1.807, 2.05) is 0 Å². The van der Waals surface area contributed by atoms with Crippen molar-refractivity contribution in [3.63, 3.8) is 0 Å². The Labute approximate surface area is 432 Å². The van der Waals surface area contributed by atoms with Crippen LogP contribution in [0, 0.1) is 0 Å². The van der Waals surface area contributed by atoms with Gasteiger partial charge in [0.15, 0.2) is 14.3 Å². The van der Waals surface area contributed by atoms with Gasteiger partial charge in [0.05, 0.1) is 44.5 Å². The fourth-order valence-electron chi connectivity index (χ4n) is 8.91. The van der Waals surface area contributed by atoms with Crippen molar-refractivity contribution in [1.82, 2.24) is 0 Å². The van der Waals surface area contributed by atoms with Gasteiger partial charge in [-0.25, -0.2) is 0 Å². The summed E-state index contributed by atoms with van der Waals surface area (Å²) in [5.74, 6) is 0. The molecule has 0 saturated heterocycles. The third-order valence-corrected chi connectivity index (χ3v) is 18.5. The molecule has 0 saturated carbocycles. The number of hydrogen-bond donors (Lipinski definition) is 0. The second-order valence-electron chi connectivity index (χ2n) is 17.6. The van der Waals surface area contributed by atoms with Gasteiger partial charge >= 0.3 is 49.4 Å². The normalized spacial score (nSPS) is 13.8. The van der Waals surface area contributed by atoms with E-state index < -0.39 is 186 Å². The highest BCUT2D eigenvalue weighted by Gasteiger charge is 2.48. The Morgan fingerprint density at radius 3 is 0.613 bits per heavy atom. The monoisotopic (exact) mass is 1200 g/mol. The Bertz CT molecular complexity index is 3320. The molecular weight excluding hydrogens is 1170 g/mol. The van der Waals surface area contributed by atoms with E-state index in [2.05, 4.69) is 0 Å². The lowest BCUT2D eigenvalue weighted by atomic mass is 9.93. The minimum Gasteiger partial charge on any atom is -0.309 e. The zero-order chi connectivity index (χ0) is 59.5. The first-order valence-corrected chi connectivity index (χ1v) is 25.3. The van der Waals surface area contributed by atoms with Crippen LogP contribution >= 0.6 is 14.3 Å². The Balaban J connectivity index is 1.71. The van der Waals surface area contributed by atoms with E-state index in [0.29, 0.717) is 12.1 Å². The zero-order valence-corrected chi connectivity index (χ0v) is 40.4. The van der Waals surface area contributed by atoms with E-state index in [1.54, 1.807) is 0 Å². The van der Waals surface area contributed by atoms with Gasteiger partial charge in [-0.05, 0) is 106 Å². The minimum atomic E-state index is -6.57. The fourth-order valence-corrected chi connectivity index (χ4v) is 14.8. The second kappa shape index (κ2) is 19.4. The quantitative estimate of drug-likeness (QED) is 0.118. The van der Waals surface area contributed by atoms with Gasteiger partial charge in [-0.3, -0.25) is 0 Å². The van der Waals surface area contributed by atoms with E-state index in [1.165, 1.54) is 12.1 Å². The molecule has 0 spiro atoms. The molecule has 0 N–H and O–H groups in total. The molecule has 0 fully saturated rings. The summed E-state index contributed by atoms with van der Waals surface area (Å²) in [5.41, 5.74) is -21.4. The number of alkyl halides is 24. The summed E-state index contributed by atoms with van der Waals surface area (Å²) in [4.78, 5) is 0. The summed E-state index contributed by atoms with van der Waals surface area (Å²) in [6.07, 6.45) is -47.5. The molecular formula is C52H24F24O2P2. The second-order valence-corrected chi connectivity index (χ2v) is 23.1. The molecule has 0 aromatic heterocycles. The molecule has 80 heavy (non-hydrogen) atoms. The summed E-state index contributed by atoms with van der Waals surface area (Å²) < 4.78 is 387. The molecule has 0 radical (unpaired) electrons. The van der Waals surface area contributed by atoms with Crippen molar-refractivity contribution >= 4 is 67.7 Å². The highest BCUT2D eigenvalue weighted by molar-refractivity contribution is 7.86. The molecule has 422 valence electrons. The van der Waals surface area contributed by atoms with E-state index in [9.17, 15) is 105 Å². The Morgan fingerprint density at radius 1 is 0.237 bits per heavy atom. The van der Waals surface area contributed by atoms with Crippen molar-refractivity contribution in [3.05, 3.63) is 190 Å². The van der Waals surface area contributed by atoms with Crippen molar-refractivity contribution in [2.45, 2.75) is 49.4 Å². The van der Waals surface area contributed by atoms with Gasteiger partial charge in [0, 0.05) is 43.0 Å². The highest BCUT2D eigenvalue weighted by atomic mass is 31.2. The molecule has 28 heteroatoms. The third-order valence-electron chi connectivity index (χ3n) is 12.5. The molecule has 0 amide bonds. The summed E-state index contributed by atoms with van der Waals surface area (Å²) >= 11 is 0. The lowest BCUT2D eigenvalue weighted by Crippen LogP contribution is -2.33. The van der Waals surface area contributed by atoms with Crippen molar-refractivity contribution in [2.75, 3.05) is 0 Å². The van der Waals surface area contributed by atoms with Crippen molar-refractivity contribution in [3.8, 4) is 11.1 Å². The maximum absolute atomic E-state index is 16.8. The van der Waals surface area contributed by atoms with Crippen LogP contribution in [0.4, 0.5) is 105 Å². The Hall–Kier alpha value is -6.94. The fraction of sp³-hybridized carbons (Fsp3) is 0.154. The number of fused-ring (bicyclic) bond motifs is 2. The molecule has 0 aliphatic rings. The van der Waals surface area contributed by atoms with Gasteiger partial charge in [0.25, 0.3) is 0 Å². The molecule has 8 aromatic rings. The SMILES string of the molecule is O=P(c1cc(C(F)(F)F)cc(C(F)(F)F)c1)(c1cc(C(F)(F)F)cc(C(F)(F)F)c1)c1ccc2ccccc2c1-c1c(P(=O)(c2cc(C(F)(F)F)cc(C(F)(F)F)c2)c2cc(C(F)(F)F)cc(C(F)(F)F)c2)ccc2ccccc12. The van der Waals surface area contributed by atoms with Crippen LogP contribution in [-0.2, 0) is 58.5 Å². The third kappa shape index (κ3) is 11.1. The molecule has 0 unspecified atom stereocenters. The van der Waals surface area contributed by atoms with Gasteiger partial charge in [-0.2, -0.15) is 105 Å². The molecule has 8 aromatic carbocycles. The van der Waals surface area contributed by atoms with Crippen molar-refractivity contribution < 1.29 is 115 Å². The predicted molar refractivity (Wildman–Crippen MR) is 246 cm³/mol. The molecule has 0 atom stereocenters. The summed E-state index contributed by atoms with van der Waals surface area (Å²) in [6.45, 7) is 0. The minimum absolute atomic E-state index is 0.289. The van der Waals surface area contributed by atoms with E-state index in [-0.39, 0.29) is 59.3 Å². The van der Waals surface area contributed by atoms with E-state index in [4.69, 9.17) is 0 Å². The predicted octanol–water partition coefficient (Wildman–Crippen LogP) is 17.1. The summed E-state index contributed by atoms with van der Waals surface area (Å²) in [7, 11) is -13.1. The van der Waals surface area contributed by atoms with Crippen LogP contribution in [0.1, 0.15) is 44.5 Å². The van der Waals surface area contributed by atoms with E-state index in [0.717, 1.165) is 48.5 Å². The average molecular weight is 1200 g/mol. The average Bonchev–Trinajstić information content (AvgIpc) is 3.36. The van der Waals surface area contributed by atoms with Crippen LogP contribution < -0.4 is 31.8 Å². The standard InChI is InChI=1S/C52H24F24O2P2/c53-45(54,55)27-13-28(46(56,57)58)18-35(17-27)79(77,36-19-29(47(59,60)61)14-30(20-36)48(62,63)64)41-11-9-25-5-1-3-7-39(25)43(41)44-40-8-4-2-6-26(40)10-12-42(44)80(78,37-21-31(49(65,66)67)15-32(22-37)50(68,69)70)38-23-33(51(71,72)73)16-34(24-38)52(74,75)76/h1-24H. The van der Waals surface area contributed by atoms with E-state index >= 15 is 9.13 Å². The Kier molecular flexibility index (Phi) is 14.3. The van der Waals surface area contributed by atoms with Crippen LogP contribution in [0.25, 0.3) is 32.7 Å². The molecule has 2 nitrogen and oxygen atoms in total. The maximum Gasteiger partial charge on any atom is 0.416 e. The summed E-state index contributed by atoms with van der Waals surface area (Å²) in [5, 5.41) is -12.2. The van der Waals surface area contributed by atoms with Crippen molar-refractivity contribution in [2.24, 2.45) is 0 Å². The van der Waals surface area contributed by atoms with Gasteiger partial charge in [-0.1, -0.05) is 60.7 Å². The molecule has 0 bridgehead atoms. The van der Waals surface area contributed by atoms with Crippen LogP contribution in [0.15, 0.2) is 146 Å². The molecule has 8 rings (SSSR count). The van der Waals surface area contributed by atoms with Crippen LogP contribution in [0.2, 0.25) is 0 Å². The zero-order valence-electron chi connectivity index (χ0n) is 38.6. The van der Waals surface area contributed by atoms with Crippen molar-refractivity contribution in [1.29, 1.82) is 0 Å². The molecule has 0 aliphatic carbocycles. The molecule has 0 aliphatic heterocycles. The highest BCUT2D eigenvalue weighted by Crippen LogP contribution is 2.55. The van der Waals surface area contributed by atoms with Crippen LogP contribution in [0.5, 0.6) is 0 Å². The van der Waals surface area contributed by atoms with Gasteiger partial charge < -0.3 is 9.13 Å². The topological polar surface area (TPSA) is 34.1 Å². The maximum atomic E-state index is 16.8. The Morgan fingerprint density at radius 2 is 0.425 bits per heavy atom. The lowest BCUT2D eigenvalue weighted by Gasteiger charge is -2.30. The first-order chi connectivity index (χ1) is 36.4. The first-order valence-electron chi connectivity index (χ1n) is 21.9. The van der Waals surface area contributed by atoms with Crippen LogP contribution in [-0.4, -0.2) is 0 Å². The van der Waals surface area contributed by atoms with Crippen LogP contribution in [0.3, 0.4) is 0 Å². The summed E-state index contributed by atoms with van der Waals surface area (Å²) in [6, 6.07) is 5.76. The smallest absolute Gasteiger partial charge is 0.309 e. The lowest BCUT2D eigenvalue weighted by molar-refractivity contribution is -0.144. The number of halogens is 24. The van der Waals surface area contributed by atoms with Gasteiger partial charge in [-0.15, -0.1) is 0 Å².